The second kappa shape index (κ2) is 5.85. The van der Waals surface area contributed by atoms with Gasteiger partial charge in [0.15, 0.2) is 0 Å². The van der Waals surface area contributed by atoms with E-state index in [2.05, 4.69) is 0 Å². The molecule has 1 heterocycles. The fraction of sp³-hybridized carbons (Fsp3) is 0.158. The summed E-state index contributed by atoms with van der Waals surface area (Å²) in [4.78, 5) is 1.10. The van der Waals surface area contributed by atoms with Gasteiger partial charge in [-0.1, -0.05) is 41.5 Å². The summed E-state index contributed by atoms with van der Waals surface area (Å²) in [6.07, 6.45) is 0. The third kappa shape index (κ3) is 2.72. The molecular weight excluding hydrogens is 292 g/mol. The van der Waals surface area contributed by atoms with Gasteiger partial charge < -0.3 is 10.2 Å². The maximum atomic E-state index is 10.3. The highest BCUT2D eigenvalue weighted by molar-refractivity contribution is 7.10. The number of aryl methyl sites for hydroxylation is 2. The highest BCUT2D eigenvalue weighted by Crippen LogP contribution is 2.42. The summed E-state index contributed by atoms with van der Waals surface area (Å²) in [5.74, 6) is 0.342. The van der Waals surface area contributed by atoms with Crippen molar-refractivity contribution in [1.29, 1.82) is 0 Å². The Hall–Kier alpha value is -2.26. The van der Waals surface area contributed by atoms with E-state index in [1.165, 1.54) is 0 Å². The number of hydrogen-bond donors (Lipinski definition) is 2. The molecule has 22 heavy (non-hydrogen) atoms. The predicted molar refractivity (Wildman–Crippen MR) is 91.0 cm³/mol. The van der Waals surface area contributed by atoms with E-state index in [9.17, 15) is 10.2 Å². The molecule has 0 saturated heterocycles. The Kier molecular flexibility index (Phi) is 3.90. The molecule has 1 aromatic heterocycles. The lowest BCUT2D eigenvalue weighted by Gasteiger charge is -2.20. The van der Waals surface area contributed by atoms with E-state index < -0.39 is 0 Å². The van der Waals surface area contributed by atoms with Crippen molar-refractivity contribution < 1.29 is 10.2 Å². The summed E-state index contributed by atoms with van der Waals surface area (Å²) in [5.41, 5.74) is 3.81. The number of hydrogen-bond acceptors (Lipinski definition) is 3. The maximum Gasteiger partial charge on any atom is 0.119 e. The van der Waals surface area contributed by atoms with Gasteiger partial charge in [0.1, 0.15) is 11.5 Å². The lowest BCUT2D eigenvalue weighted by Crippen LogP contribution is -2.03. The van der Waals surface area contributed by atoms with Crippen LogP contribution in [-0.4, -0.2) is 10.2 Å². The Labute approximate surface area is 134 Å². The average molecular weight is 310 g/mol. The molecule has 0 aliphatic rings. The molecule has 3 aromatic rings. The van der Waals surface area contributed by atoms with Gasteiger partial charge in [0.05, 0.1) is 5.92 Å². The van der Waals surface area contributed by atoms with Crippen molar-refractivity contribution in [3.05, 3.63) is 81.0 Å². The molecule has 112 valence electrons. The second-order valence-electron chi connectivity index (χ2n) is 5.57. The first-order valence-electron chi connectivity index (χ1n) is 7.18. The largest absolute Gasteiger partial charge is 0.508 e. The van der Waals surface area contributed by atoms with Crippen molar-refractivity contribution in [3.8, 4) is 11.5 Å². The van der Waals surface area contributed by atoms with E-state index in [-0.39, 0.29) is 17.4 Å². The van der Waals surface area contributed by atoms with Crippen LogP contribution in [0.4, 0.5) is 0 Å². The van der Waals surface area contributed by atoms with Gasteiger partial charge >= 0.3 is 0 Å². The Bertz CT molecular complexity index is 740. The first-order valence-corrected chi connectivity index (χ1v) is 8.06. The van der Waals surface area contributed by atoms with Crippen molar-refractivity contribution in [2.75, 3.05) is 0 Å². The molecule has 2 nitrogen and oxygen atoms in total. The first-order chi connectivity index (χ1) is 10.6. The van der Waals surface area contributed by atoms with Crippen LogP contribution in [-0.2, 0) is 0 Å². The SMILES string of the molecule is Cc1ccc(O)c(C(c2cccs2)c2cc(C)ccc2O)c1. The van der Waals surface area contributed by atoms with Crippen LogP contribution in [0.25, 0.3) is 0 Å². The van der Waals surface area contributed by atoms with Crippen LogP contribution < -0.4 is 0 Å². The summed E-state index contributed by atoms with van der Waals surface area (Å²) in [7, 11) is 0. The van der Waals surface area contributed by atoms with Crippen LogP contribution >= 0.6 is 11.3 Å². The molecule has 0 fully saturated rings. The van der Waals surface area contributed by atoms with Crippen molar-refractivity contribution in [3.63, 3.8) is 0 Å². The summed E-state index contributed by atoms with van der Waals surface area (Å²) < 4.78 is 0. The second-order valence-corrected chi connectivity index (χ2v) is 6.55. The highest BCUT2D eigenvalue weighted by Gasteiger charge is 2.23. The number of phenolic OH excluding ortho intramolecular Hbond substituents is 2. The zero-order valence-corrected chi connectivity index (χ0v) is 13.4. The summed E-state index contributed by atoms with van der Waals surface area (Å²) >= 11 is 1.63. The summed E-state index contributed by atoms with van der Waals surface area (Å²) in [6.45, 7) is 4.01. The van der Waals surface area contributed by atoms with Gasteiger partial charge in [-0.15, -0.1) is 11.3 Å². The van der Waals surface area contributed by atoms with Gasteiger partial charge in [-0.05, 0) is 37.4 Å². The van der Waals surface area contributed by atoms with Crippen LogP contribution in [0.3, 0.4) is 0 Å². The standard InChI is InChI=1S/C19H18O2S/c1-12-5-7-16(20)14(10-12)19(18-4-3-9-22-18)15-11-13(2)6-8-17(15)21/h3-11,19-21H,1-2H3. The van der Waals surface area contributed by atoms with Gasteiger partial charge in [0, 0.05) is 16.0 Å². The molecule has 0 radical (unpaired) electrons. The Balaban J connectivity index is 2.25. The molecule has 3 rings (SSSR count). The molecule has 2 N–H and O–H groups in total. The molecule has 0 saturated carbocycles. The lowest BCUT2D eigenvalue weighted by atomic mass is 9.87. The van der Waals surface area contributed by atoms with Crippen molar-refractivity contribution in [1.82, 2.24) is 0 Å². The molecule has 3 heteroatoms. The minimum absolute atomic E-state index is 0.167. The molecule has 0 aliphatic heterocycles. The number of benzene rings is 2. The monoisotopic (exact) mass is 310 g/mol. The molecular formula is C19H18O2S. The van der Waals surface area contributed by atoms with E-state index in [0.717, 1.165) is 27.1 Å². The van der Waals surface area contributed by atoms with Gasteiger partial charge in [0.25, 0.3) is 0 Å². The first kappa shape index (κ1) is 14.7. The summed E-state index contributed by atoms with van der Waals surface area (Å²) in [5, 5.41) is 22.7. The van der Waals surface area contributed by atoms with Crippen LogP contribution in [0.2, 0.25) is 0 Å². The van der Waals surface area contributed by atoms with Crippen molar-refractivity contribution in [2.45, 2.75) is 19.8 Å². The molecule has 0 bridgehead atoms. The van der Waals surface area contributed by atoms with E-state index in [1.54, 1.807) is 23.5 Å². The zero-order valence-electron chi connectivity index (χ0n) is 12.6. The molecule has 0 aliphatic carbocycles. The Morgan fingerprint density at radius 2 is 1.36 bits per heavy atom. The third-order valence-electron chi connectivity index (χ3n) is 3.82. The fourth-order valence-electron chi connectivity index (χ4n) is 2.74. The van der Waals surface area contributed by atoms with Crippen LogP contribution in [0.1, 0.15) is 33.0 Å². The minimum Gasteiger partial charge on any atom is -0.508 e. The number of thiophene rings is 1. The molecule has 0 spiro atoms. The van der Waals surface area contributed by atoms with E-state index in [1.807, 2.05) is 55.6 Å². The molecule has 0 atom stereocenters. The molecule has 0 amide bonds. The Morgan fingerprint density at radius 1 is 0.818 bits per heavy atom. The van der Waals surface area contributed by atoms with E-state index in [0.29, 0.717) is 0 Å². The van der Waals surface area contributed by atoms with Gasteiger partial charge in [-0.3, -0.25) is 0 Å². The van der Waals surface area contributed by atoms with E-state index >= 15 is 0 Å². The zero-order chi connectivity index (χ0) is 15.7. The van der Waals surface area contributed by atoms with Gasteiger partial charge in [0.2, 0.25) is 0 Å². The average Bonchev–Trinajstić information content (AvgIpc) is 3.00. The minimum atomic E-state index is -0.167. The molecule has 2 aromatic carbocycles. The van der Waals surface area contributed by atoms with Crippen LogP contribution in [0.15, 0.2) is 53.9 Å². The van der Waals surface area contributed by atoms with Crippen LogP contribution in [0, 0.1) is 13.8 Å². The smallest absolute Gasteiger partial charge is 0.119 e. The van der Waals surface area contributed by atoms with Gasteiger partial charge in [-0.2, -0.15) is 0 Å². The number of aromatic hydroxyl groups is 2. The van der Waals surface area contributed by atoms with E-state index in [4.69, 9.17) is 0 Å². The molecule has 0 unspecified atom stereocenters. The third-order valence-corrected chi connectivity index (χ3v) is 4.75. The highest BCUT2D eigenvalue weighted by atomic mass is 32.1. The lowest BCUT2D eigenvalue weighted by molar-refractivity contribution is 0.459. The fourth-order valence-corrected chi connectivity index (χ4v) is 3.60. The van der Waals surface area contributed by atoms with Crippen molar-refractivity contribution >= 4 is 11.3 Å². The maximum absolute atomic E-state index is 10.3. The normalized spacial score (nSPS) is 11.0. The summed E-state index contributed by atoms with van der Waals surface area (Å²) in [6, 6.07) is 15.2. The van der Waals surface area contributed by atoms with Gasteiger partial charge in [-0.25, -0.2) is 0 Å². The van der Waals surface area contributed by atoms with Crippen molar-refractivity contribution in [2.24, 2.45) is 0 Å². The van der Waals surface area contributed by atoms with Crippen LogP contribution in [0.5, 0.6) is 11.5 Å². The number of rotatable bonds is 3. The number of phenols is 2. The Morgan fingerprint density at radius 3 is 1.82 bits per heavy atom. The quantitative estimate of drug-likeness (QED) is 0.718. The topological polar surface area (TPSA) is 40.5 Å². The predicted octanol–water partition coefficient (Wildman–Crippen LogP) is 4.96.